The minimum atomic E-state index is -1.10. The van der Waals surface area contributed by atoms with Gasteiger partial charge in [0.2, 0.25) is 5.91 Å². The summed E-state index contributed by atoms with van der Waals surface area (Å²) in [6.07, 6.45) is 5.04. The maximum absolute atomic E-state index is 13.1. The molecule has 0 spiro atoms. The van der Waals surface area contributed by atoms with Gasteiger partial charge in [0, 0.05) is 31.0 Å². The number of hydrogen-bond donors (Lipinski definition) is 2. The molecule has 0 aliphatic carbocycles. The van der Waals surface area contributed by atoms with Gasteiger partial charge in [-0.2, -0.15) is 5.10 Å². The Morgan fingerprint density at radius 2 is 2.23 bits per heavy atom. The van der Waals surface area contributed by atoms with Crippen LogP contribution in [0.1, 0.15) is 5.56 Å². The van der Waals surface area contributed by atoms with Crippen LogP contribution in [0.15, 0.2) is 36.7 Å². The van der Waals surface area contributed by atoms with Gasteiger partial charge in [-0.25, -0.2) is 9.18 Å². The third kappa shape index (κ3) is 4.17. The van der Waals surface area contributed by atoms with Gasteiger partial charge in [0.15, 0.2) is 5.75 Å². The Balaban J connectivity index is 2.10. The minimum Gasteiger partial charge on any atom is -0.408 e. The van der Waals surface area contributed by atoms with Crippen LogP contribution in [0.5, 0.6) is 5.75 Å². The summed E-state index contributed by atoms with van der Waals surface area (Å²) in [5, 5.41) is 6.42. The minimum absolute atomic E-state index is 0.126. The standard InChI is InChI=1S/C14H13FN4O3/c1-19-8-9(7-17-19)2-5-13(20)18-11-4-3-10(15)6-12(11)22-14(16)21/h2-8H,1H3,(H2,16,21)(H,18,20). The van der Waals surface area contributed by atoms with E-state index in [-0.39, 0.29) is 11.4 Å². The Labute approximate surface area is 125 Å². The Hall–Kier alpha value is -3.16. The second-order valence-corrected chi connectivity index (χ2v) is 4.33. The number of rotatable bonds is 4. The van der Waals surface area contributed by atoms with Crippen LogP contribution in [-0.2, 0) is 11.8 Å². The lowest BCUT2D eigenvalue weighted by molar-refractivity contribution is -0.111. The van der Waals surface area contributed by atoms with Crippen molar-refractivity contribution in [3.8, 4) is 5.75 Å². The smallest absolute Gasteiger partial charge is 0.408 e. The molecule has 8 heteroatoms. The molecule has 7 nitrogen and oxygen atoms in total. The molecule has 0 aliphatic rings. The second kappa shape index (κ2) is 6.53. The van der Waals surface area contributed by atoms with Crippen LogP contribution < -0.4 is 15.8 Å². The van der Waals surface area contributed by atoms with Crippen molar-refractivity contribution in [1.82, 2.24) is 9.78 Å². The first-order valence-electron chi connectivity index (χ1n) is 6.18. The van der Waals surface area contributed by atoms with Gasteiger partial charge in [0.1, 0.15) is 5.82 Å². The van der Waals surface area contributed by atoms with E-state index in [2.05, 4.69) is 15.2 Å². The molecule has 2 aromatic rings. The summed E-state index contributed by atoms with van der Waals surface area (Å²) in [6, 6.07) is 3.34. The predicted octanol–water partition coefficient (Wildman–Crippen LogP) is 1.67. The average Bonchev–Trinajstić information content (AvgIpc) is 2.85. The third-order valence-electron chi connectivity index (χ3n) is 2.56. The molecule has 1 heterocycles. The van der Waals surface area contributed by atoms with Crippen LogP contribution in [0, 0.1) is 5.82 Å². The highest BCUT2D eigenvalue weighted by Crippen LogP contribution is 2.25. The van der Waals surface area contributed by atoms with Crippen LogP contribution in [-0.4, -0.2) is 21.8 Å². The summed E-state index contributed by atoms with van der Waals surface area (Å²) in [7, 11) is 1.75. The molecule has 0 bridgehead atoms. The van der Waals surface area contributed by atoms with E-state index in [9.17, 15) is 14.0 Å². The zero-order valence-corrected chi connectivity index (χ0v) is 11.6. The normalized spacial score (nSPS) is 10.6. The van der Waals surface area contributed by atoms with Crippen molar-refractivity contribution in [2.45, 2.75) is 0 Å². The van der Waals surface area contributed by atoms with Crippen LogP contribution in [0.4, 0.5) is 14.9 Å². The highest BCUT2D eigenvalue weighted by molar-refractivity contribution is 6.02. The molecule has 0 atom stereocenters. The van der Waals surface area contributed by atoms with Crippen molar-refractivity contribution < 1.29 is 18.7 Å². The van der Waals surface area contributed by atoms with Crippen LogP contribution >= 0.6 is 0 Å². The van der Waals surface area contributed by atoms with Gasteiger partial charge in [-0.1, -0.05) is 0 Å². The number of amides is 2. The fourth-order valence-corrected chi connectivity index (χ4v) is 1.66. The van der Waals surface area contributed by atoms with Gasteiger partial charge in [-0.3, -0.25) is 9.48 Å². The first-order valence-corrected chi connectivity index (χ1v) is 6.18. The number of halogens is 1. The number of nitrogens with two attached hydrogens (primary N) is 1. The highest BCUT2D eigenvalue weighted by Gasteiger charge is 2.10. The predicted molar refractivity (Wildman–Crippen MR) is 77.5 cm³/mol. The lowest BCUT2D eigenvalue weighted by Crippen LogP contribution is -2.18. The molecule has 0 saturated heterocycles. The molecule has 3 N–H and O–H groups in total. The third-order valence-corrected chi connectivity index (χ3v) is 2.56. The quantitative estimate of drug-likeness (QED) is 0.839. The molecule has 0 unspecified atom stereocenters. The number of benzene rings is 1. The van der Waals surface area contributed by atoms with Crippen LogP contribution in [0.2, 0.25) is 0 Å². The van der Waals surface area contributed by atoms with Crippen molar-refractivity contribution in [3.63, 3.8) is 0 Å². The number of aryl methyl sites for hydroxylation is 1. The van der Waals surface area contributed by atoms with Crippen molar-refractivity contribution >= 4 is 23.8 Å². The largest absolute Gasteiger partial charge is 0.410 e. The second-order valence-electron chi connectivity index (χ2n) is 4.33. The summed E-state index contributed by atoms with van der Waals surface area (Å²) in [5.74, 6) is -1.28. The molecule has 0 saturated carbocycles. The van der Waals surface area contributed by atoms with E-state index in [0.29, 0.717) is 0 Å². The van der Waals surface area contributed by atoms with Gasteiger partial charge in [-0.15, -0.1) is 0 Å². The highest BCUT2D eigenvalue weighted by atomic mass is 19.1. The fraction of sp³-hybridized carbons (Fsp3) is 0.0714. The number of aromatic nitrogens is 2. The van der Waals surface area contributed by atoms with E-state index in [1.54, 1.807) is 30.2 Å². The lowest BCUT2D eigenvalue weighted by Gasteiger charge is -2.08. The average molecular weight is 304 g/mol. The van der Waals surface area contributed by atoms with E-state index < -0.39 is 17.8 Å². The molecule has 22 heavy (non-hydrogen) atoms. The maximum Gasteiger partial charge on any atom is 0.410 e. The summed E-state index contributed by atoms with van der Waals surface area (Å²) < 4.78 is 19.4. The number of carbonyl (C=O) groups is 2. The first-order chi connectivity index (χ1) is 10.4. The SMILES string of the molecule is Cn1cc(C=CC(=O)Nc2ccc(F)cc2OC(N)=O)cn1. The van der Waals surface area contributed by atoms with E-state index in [1.807, 2.05) is 0 Å². The van der Waals surface area contributed by atoms with E-state index in [1.165, 1.54) is 12.1 Å². The molecule has 0 aliphatic heterocycles. The van der Waals surface area contributed by atoms with Crippen molar-refractivity contribution in [3.05, 3.63) is 48.0 Å². The molecular weight excluding hydrogens is 291 g/mol. The van der Waals surface area contributed by atoms with Crippen LogP contribution in [0.25, 0.3) is 6.08 Å². The summed E-state index contributed by atoms with van der Waals surface area (Å²) in [4.78, 5) is 22.6. The number of nitrogens with zero attached hydrogens (tertiary/aromatic N) is 2. The van der Waals surface area contributed by atoms with Crippen LogP contribution in [0.3, 0.4) is 0 Å². The number of carbonyl (C=O) groups excluding carboxylic acids is 2. The van der Waals surface area contributed by atoms with Gasteiger partial charge in [0.05, 0.1) is 11.9 Å². The first kappa shape index (κ1) is 15.2. The number of ether oxygens (including phenoxy) is 1. The Morgan fingerprint density at radius 3 is 2.86 bits per heavy atom. The molecule has 0 fully saturated rings. The molecule has 0 radical (unpaired) electrons. The zero-order chi connectivity index (χ0) is 16.1. The monoisotopic (exact) mass is 304 g/mol. The van der Waals surface area contributed by atoms with E-state index >= 15 is 0 Å². The fourth-order valence-electron chi connectivity index (χ4n) is 1.66. The summed E-state index contributed by atoms with van der Waals surface area (Å²) in [6.45, 7) is 0. The van der Waals surface area contributed by atoms with E-state index in [0.717, 1.165) is 17.7 Å². The Bertz CT molecular complexity index is 739. The molecule has 2 amide bonds. The Kier molecular flexibility index (Phi) is 4.52. The zero-order valence-electron chi connectivity index (χ0n) is 11.6. The summed E-state index contributed by atoms with van der Waals surface area (Å²) >= 11 is 0. The van der Waals surface area contributed by atoms with Gasteiger partial charge in [-0.05, 0) is 18.2 Å². The lowest BCUT2D eigenvalue weighted by atomic mass is 10.2. The summed E-state index contributed by atoms with van der Waals surface area (Å²) in [5.41, 5.74) is 5.76. The Morgan fingerprint density at radius 1 is 1.45 bits per heavy atom. The van der Waals surface area contributed by atoms with Gasteiger partial charge >= 0.3 is 6.09 Å². The molecular formula is C14H13FN4O3. The molecule has 114 valence electrons. The van der Waals surface area contributed by atoms with Gasteiger partial charge < -0.3 is 15.8 Å². The van der Waals surface area contributed by atoms with Crippen molar-refractivity contribution in [2.24, 2.45) is 12.8 Å². The number of anilines is 1. The molecule has 1 aromatic carbocycles. The maximum atomic E-state index is 13.1. The number of hydrogen-bond acceptors (Lipinski definition) is 4. The topological polar surface area (TPSA) is 99.2 Å². The van der Waals surface area contributed by atoms with E-state index in [4.69, 9.17) is 5.73 Å². The van der Waals surface area contributed by atoms with Gasteiger partial charge in [0.25, 0.3) is 0 Å². The van der Waals surface area contributed by atoms with Crippen molar-refractivity contribution in [1.29, 1.82) is 0 Å². The molecule has 1 aromatic heterocycles. The number of nitrogens with one attached hydrogen (secondary N) is 1. The van der Waals surface area contributed by atoms with Crippen molar-refractivity contribution in [2.75, 3.05) is 5.32 Å². The molecule has 2 rings (SSSR count). The number of primary amides is 1.